The Labute approximate surface area is 144 Å². The largest absolute Gasteiger partial charge is 0.506 e. The van der Waals surface area contributed by atoms with Crippen molar-refractivity contribution in [3.63, 3.8) is 0 Å². The molecule has 3 rings (SSSR count). The lowest BCUT2D eigenvalue weighted by molar-refractivity contribution is 0.0988. The Balaban J connectivity index is 2.11. The van der Waals surface area contributed by atoms with Crippen molar-refractivity contribution < 1.29 is 9.90 Å². The van der Waals surface area contributed by atoms with E-state index in [0.29, 0.717) is 16.6 Å². The second-order valence-corrected chi connectivity index (χ2v) is 5.77. The fourth-order valence-electron chi connectivity index (χ4n) is 2.81. The van der Waals surface area contributed by atoms with Crippen LogP contribution in [0, 0.1) is 0 Å². The summed E-state index contributed by atoms with van der Waals surface area (Å²) in [6, 6.07) is 14.1. The summed E-state index contributed by atoms with van der Waals surface area (Å²) in [5, 5.41) is 14.0. The number of carbonyl (C=O) groups excluding carboxylic acids is 1. The first-order valence-corrected chi connectivity index (χ1v) is 7.82. The fourth-order valence-corrected chi connectivity index (χ4v) is 2.81. The van der Waals surface area contributed by atoms with Gasteiger partial charge in [0.1, 0.15) is 11.3 Å². The molecule has 6 heteroatoms. The lowest BCUT2D eigenvalue weighted by Gasteiger charge is -2.19. The Morgan fingerprint density at radius 2 is 1.76 bits per heavy atom. The Kier molecular flexibility index (Phi) is 4.19. The highest BCUT2D eigenvalue weighted by molar-refractivity contribution is 6.10. The monoisotopic (exact) mass is 337 g/mol. The standard InChI is InChI=1S/C19H19N3O3/c1-20-12-8-10-13(11-9-12)21(2)18(24)16-17(23)14-6-4-5-7-15(14)22(3)19(16)25/h4-11,20,23H,1-3H3. The zero-order valence-electron chi connectivity index (χ0n) is 14.3. The van der Waals surface area contributed by atoms with Gasteiger partial charge in [0.2, 0.25) is 0 Å². The van der Waals surface area contributed by atoms with Gasteiger partial charge < -0.3 is 19.9 Å². The summed E-state index contributed by atoms with van der Waals surface area (Å²) >= 11 is 0. The van der Waals surface area contributed by atoms with Gasteiger partial charge in [0, 0.05) is 37.9 Å². The molecule has 0 saturated carbocycles. The van der Waals surface area contributed by atoms with Crippen molar-refractivity contribution in [3.8, 4) is 5.75 Å². The molecular formula is C19H19N3O3. The SMILES string of the molecule is CNc1ccc(N(C)C(=O)c2c(O)c3ccccc3n(C)c2=O)cc1. The molecule has 0 radical (unpaired) electrons. The molecule has 0 atom stereocenters. The van der Waals surface area contributed by atoms with Gasteiger partial charge in [-0.1, -0.05) is 12.1 Å². The number of anilines is 2. The lowest BCUT2D eigenvalue weighted by atomic mass is 10.1. The van der Waals surface area contributed by atoms with E-state index in [1.54, 1.807) is 57.5 Å². The number of amides is 1. The average molecular weight is 337 g/mol. The Bertz CT molecular complexity index is 1010. The molecule has 0 fully saturated rings. The Hall–Kier alpha value is -3.28. The topological polar surface area (TPSA) is 74.6 Å². The van der Waals surface area contributed by atoms with Crippen molar-refractivity contribution in [1.82, 2.24) is 4.57 Å². The zero-order chi connectivity index (χ0) is 18.1. The summed E-state index contributed by atoms with van der Waals surface area (Å²) in [5.41, 5.74) is 1.34. The van der Waals surface area contributed by atoms with E-state index in [1.807, 2.05) is 12.1 Å². The summed E-state index contributed by atoms with van der Waals surface area (Å²) in [6.07, 6.45) is 0. The van der Waals surface area contributed by atoms with Crippen molar-refractivity contribution >= 4 is 28.2 Å². The molecule has 0 aliphatic carbocycles. The van der Waals surface area contributed by atoms with E-state index in [9.17, 15) is 14.7 Å². The smallest absolute Gasteiger partial charge is 0.267 e. The minimum Gasteiger partial charge on any atom is -0.506 e. The van der Waals surface area contributed by atoms with E-state index in [2.05, 4.69) is 5.32 Å². The van der Waals surface area contributed by atoms with Crippen LogP contribution in [0.25, 0.3) is 10.9 Å². The van der Waals surface area contributed by atoms with E-state index >= 15 is 0 Å². The fraction of sp³-hybridized carbons (Fsp3) is 0.158. The molecule has 0 spiro atoms. The quantitative estimate of drug-likeness (QED) is 0.770. The number of nitrogens with one attached hydrogen (secondary N) is 1. The summed E-state index contributed by atoms with van der Waals surface area (Å²) in [4.78, 5) is 26.9. The first kappa shape index (κ1) is 16.6. The number of aromatic hydroxyl groups is 1. The second kappa shape index (κ2) is 6.32. The van der Waals surface area contributed by atoms with Crippen LogP contribution in [-0.4, -0.2) is 29.7 Å². The Morgan fingerprint density at radius 1 is 1.12 bits per heavy atom. The summed E-state index contributed by atoms with van der Waals surface area (Å²) in [5.74, 6) is -0.844. The van der Waals surface area contributed by atoms with Crippen LogP contribution in [0.4, 0.5) is 11.4 Å². The van der Waals surface area contributed by atoms with Crippen LogP contribution in [0.2, 0.25) is 0 Å². The number of aromatic nitrogens is 1. The minimum absolute atomic E-state index is 0.235. The number of rotatable bonds is 3. The van der Waals surface area contributed by atoms with Crippen molar-refractivity contribution in [2.45, 2.75) is 0 Å². The molecule has 1 amide bonds. The molecule has 0 unspecified atom stereocenters. The highest BCUT2D eigenvalue weighted by Crippen LogP contribution is 2.27. The maximum atomic E-state index is 12.9. The van der Waals surface area contributed by atoms with Crippen LogP contribution in [0.1, 0.15) is 10.4 Å². The van der Waals surface area contributed by atoms with Crippen molar-refractivity contribution in [2.75, 3.05) is 24.3 Å². The number of benzene rings is 2. The number of para-hydroxylation sites is 1. The maximum Gasteiger partial charge on any atom is 0.267 e. The molecule has 2 N–H and O–H groups in total. The average Bonchev–Trinajstić information content (AvgIpc) is 2.65. The van der Waals surface area contributed by atoms with Crippen molar-refractivity contribution in [1.29, 1.82) is 0 Å². The maximum absolute atomic E-state index is 12.9. The number of carbonyl (C=O) groups is 1. The van der Waals surface area contributed by atoms with E-state index in [4.69, 9.17) is 0 Å². The third-order valence-electron chi connectivity index (χ3n) is 4.34. The molecule has 2 aromatic carbocycles. The molecule has 25 heavy (non-hydrogen) atoms. The van der Waals surface area contributed by atoms with Gasteiger partial charge >= 0.3 is 0 Å². The third kappa shape index (κ3) is 2.71. The van der Waals surface area contributed by atoms with Gasteiger partial charge in [0.05, 0.1) is 5.52 Å². The van der Waals surface area contributed by atoms with Gasteiger partial charge in [-0.25, -0.2) is 0 Å². The summed E-state index contributed by atoms with van der Waals surface area (Å²) in [6.45, 7) is 0. The van der Waals surface area contributed by atoms with Crippen LogP contribution >= 0.6 is 0 Å². The molecule has 6 nitrogen and oxygen atoms in total. The van der Waals surface area contributed by atoms with E-state index in [0.717, 1.165) is 5.69 Å². The highest BCUT2D eigenvalue weighted by Gasteiger charge is 2.24. The van der Waals surface area contributed by atoms with Gasteiger partial charge in [-0.2, -0.15) is 0 Å². The van der Waals surface area contributed by atoms with E-state index in [1.165, 1.54) is 9.47 Å². The van der Waals surface area contributed by atoms with E-state index in [-0.39, 0.29) is 11.3 Å². The minimum atomic E-state index is -0.555. The molecule has 1 heterocycles. The molecule has 1 aromatic heterocycles. The van der Waals surface area contributed by atoms with Crippen LogP contribution < -0.4 is 15.8 Å². The van der Waals surface area contributed by atoms with Crippen LogP contribution in [0.3, 0.4) is 0 Å². The summed E-state index contributed by atoms with van der Waals surface area (Å²) in [7, 11) is 4.97. The van der Waals surface area contributed by atoms with Gasteiger partial charge in [-0.3, -0.25) is 9.59 Å². The number of hydrogen-bond acceptors (Lipinski definition) is 4. The van der Waals surface area contributed by atoms with Gasteiger partial charge in [0.15, 0.2) is 0 Å². The number of aryl methyl sites for hydroxylation is 1. The van der Waals surface area contributed by atoms with E-state index < -0.39 is 11.5 Å². The van der Waals surface area contributed by atoms with Crippen LogP contribution in [-0.2, 0) is 7.05 Å². The Morgan fingerprint density at radius 3 is 2.40 bits per heavy atom. The first-order valence-electron chi connectivity index (χ1n) is 7.82. The number of fused-ring (bicyclic) bond motifs is 1. The number of pyridine rings is 1. The molecule has 128 valence electrons. The molecular weight excluding hydrogens is 318 g/mol. The summed E-state index contributed by atoms with van der Waals surface area (Å²) < 4.78 is 1.38. The zero-order valence-corrected chi connectivity index (χ0v) is 14.3. The van der Waals surface area contributed by atoms with Gasteiger partial charge in [0.25, 0.3) is 11.5 Å². The molecule has 0 aliphatic rings. The predicted octanol–water partition coefficient (Wildman–Crippen LogP) is 2.56. The second-order valence-electron chi connectivity index (χ2n) is 5.77. The number of nitrogens with zero attached hydrogens (tertiary/aromatic N) is 2. The molecule has 0 saturated heterocycles. The molecule has 3 aromatic rings. The number of hydrogen-bond donors (Lipinski definition) is 2. The van der Waals surface area contributed by atoms with Crippen LogP contribution in [0.15, 0.2) is 53.3 Å². The lowest BCUT2D eigenvalue weighted by Crippen LogP contribution is -2.34. The van der Waals surface area contributed by atoms with Crippen LogP contribution in [0.5, 0.6) is 5.75 Å². The molecule has 0 bridgehead atoms. The van der Waals surface area contributed by atoms with Crippen molar-refractivity contribution in [2.24, 2.45) is 7.05 Å². The predicted molar refractivity (Wildman–Crippen MR) is 99.6 cm³/mol. The highest BCUT2D eigenvalue weighted by atomic mass is 16.3. The van der Waals surface area contributed by atoms with Gasteiger partial charge in [-0.05, 0) is 36.4 Å². The normalized spacial score (nSPS) is 10.7. The first-order chi connectivity index (χ1) is 12.0. The van der Waals surface area contributed by atoms with Gasteiger partial charge in [-0.15, -0.1) is 0 Å². The third-order valence-corrected chi connectivity index (χ3v) is 4.34. The molecule has 0 aliphatic heterocycles. The van der Waals surface area contributed by atoms with Crippen molar-refractivity contribution in [3.05, 3.63) is 64.4 Å².